The molecule has 0 fully saturated rings. The molecule has 0 aliphatic carbocycles. The minimum atomic E-state index is 0.387. The molecule has 0 saturated carbocycles. The van der Waals surface area contributed by atoms with Crippen molar-refractivity contribution in [2.24, 2.45) is 10.7 Å². The molecule has 7 heteroatoms. The van der Waals surface area contributed by atoms with E-state index in [1.807, 2.05) is 12.1 Å². The molecule has 0 saturated heterocycles. The number of aromatic nitrogens is 2. The van der Waals surface area contributed by atoms with E-state index >= 15 is 0 Å². The summed E-state index contributed by atoms with van der Waals surface area (Å²) in [5.41, 5.74) is 6.37. The lowest BCUT2D eigenvalue weighted by Crippen LogP contribution is -2.32. The number of hydrogen-bond acceptors (Lipinski definition) is 4. The van der Waals surface area contributed by atoms with Gasteiger partial charge in [0.05, 0.1) is 0 Å². The zero-order valence-corrected chi connectivity index (χ0v) is 11.2. The summed E-state index contributed by atoms with van der Waals surface area (Å²) < 4.78 is 5.15. The van der Waals surface area contributed by atoms with Crippen LogP contribution >= 0.6 is 11.6 Å². The van der Waals surface area contributed by atoms with Crippen molar-refractivity contribution >= 4 is 17.6 Å². The van der Waals surface area contributed by atoms with Crippen LogP contribution in [0.2, 0.25) is 5.02 Å². The maximum absolute atomic E-state index is 5.82. The van der Waals surface area contributed by atoms with Crippen LogP contribution in [0.25, 0.3) is 11.4 Å². The van der Waals surface area contributed by atoms with Gasteiger partial charge in [-0.3, -0.25) is 4.99 Å². The Bertz CT molecular complexity index is 564. The fourth-order valence-corrected chi connectivity index (χ4v) is 1.58. The van der Waals surface area contributed by atoms with Crippen LogP contribution in [0.3, 0.4) is 0 Å². The van der Waals surface area contributed by atoms with Crippen LogP contribution in [0.15, 0.2) is 33.8 Å². The second kappa shape index (κ2) is 6.19. The van der Waals surface area contributed by atoms with Crippen molar-refractivity contribution in [2.45, 2.75) is 6.42 Å². The largest absolute Gasteiger partial charge is 0.370 e. The van der Waals surface area contributed by atoms with Gasteiger partial charge in [0.2, 0.25) is 11.7 Å². The normalized spacial score (nSPS) is 11.6. The third-order valence-electron chi connectivity index (χ3n) is 2.46. The van der Waals surface area contributed by atoms with Crippen molar-refractivity contribution in [1.29, 1.82) is 0 Å². The Morgan fingerprint density at radius 2 is 2.16 bits per heavy atom. The predicted molar refractivity (Wildman–Crippen MR) is 74.0 cm³/mol. The van der Waals surface area contributed by atoms with Crippen LogP contribution in [0.4, 0.5) is 0 Å². The molecule has 0 aliphatic heterocycles. The van der Waals surface area contributed by atoms with Crippen molar-refractivity contribution in [1.82, 2.24) is 15.5 Å². The Hall–Kier alpha value is -2.08. The van der Waals surface area contributed by atoms with Crippen LogP contribution in [-0.4, -0.2) is 29.7 Å². The van der Waals surface area contributed by atoms with E-state index in [-0.39, 0.29) is 0 Å². The number of guanidine groups is 1. The molecule has 0 unspecified atom stereocenters. The van der Waals surface area contributed by atoms with Crippen molar-refractivity contribution in [3.8, 4) is 11.4 Å². The molecular weight excluding hydrogens is 266 g/mol. The van der Waals surface area contributed by atoms with E-state index in [2.05, 4.69) is 20.4 Å². The Morgan fingerprint density at radius 1 is 1.42 bits per heavy atom. The van der Waals surface area contributed by atoms with Crippen LogP contribution in [0.1, 0.15) is 5.89 Å². The van der Waals surface area contributed by atoms with E-state index in [0.717, 1.165) is 5.56 Å². The van der Waals surface area contributed by atoms with Crippen LogP contribution in [0, 0.1) is 0 Å². The molecule has 3 N–H and O–H groups in total. The second-order valence-corrected chi connectivity index (χ2v) is 4.24. The van der Waals surface area contributed by atoms with Crippen LogP contribution in [0.5, 0.6) is 0 Å². The van der Waals surface area contributed by atoms with E-state index in [1.165, 1.54) is 0 Å². The molecule has 0 amide bonds. The van der Waals surface area contributed by atoms with E-state index in [0.29, 0.717) is 35.7 Å². The first-order valence-corrected chi connectivity index (χ1v) is 6.11. The van der Waals surface area contributed by atoms with Crippen LogP contribution in [-0.2, 0) is 6.42 Å². The summed E-state index contributed by atoms with van der Waals surface area (Å²) in [4.78, 5) is 8.08. The summed E-state index contributed by atoms with van der Waals surface area (Å²) in [6.45, 7) is 0.589. The van der Waals surface area contributed by atoms with Gasteiger partial charge in [-0.1, -0.05) is 16.8 Å². The summed E-state index contributed by atoms with van der Waals surface area (Å²) >= 11 is 5.82. The lowest BCUT2D eigenvalue weighted by molar-refractivity contribution is 0.379. The molecule has 0 atom stereocenters. The standard InChI is InChI=1S/C12H14ClN5O/c1-15-12(14)16-7-6-10-17-11(18-19-10)8-2-4-9(13)5-3-8/h2-5H,6-7H2,1H3,(H3,14,15,16). The highest BCUT2D eigenvalue weighted by atomic mass is 35.5. The highest BCUT2D eigenvalue weighted by molar-refractivity contribution is 6.30. The highest BCUT2D eigenvalue weighted by Crippen LogP contribution is 2.18. The summed E-state index contributed by atoms with van der Waals surface area (Å²) in [5.74, 6) is 1.47. The Kier molecular flexibility index (Phi) is 4.35. The minimum absolute atomic E-state index is 0.387. The third-order valence-corrected chi connectivity index (χ3v) is 2.71. The summed E-state index contributed by atoms with van der Waals surface area (Å²) in [5, 5.41) is 7.51. The molecule has 1 aromatic carbocycles. The molecule has 2 rings (SSSR count). The molecule has 19 heavy (non-hydrogen) atoms. The number of rotatable bonds is 4. The molecule has 100 valence electrons. The number of nitrogens with one attached hydrogen (secondary N) is 1. The third kappa shape index (κ3) is 3.69. The van der Waals surface area contributed by atoms with Gasteiger partial charge in [0, 0.05) is 30.6 Å². The van der Waals surface area contributed by atoms with E-state index in [4.69, 9.17) is 21.9 Å². The van der Waals surface area contributed by atoms with Gasteiger partial charge < -0.3 is 15.6 Å². The molecular formula is C12H14ClN5O. The van der Waals surface area contributed by atoms with Gasteiger partial charge in [-0.2, -0.15) is 4.98 Å². The molecule has 0 bridgehead atoms. The van der Waals surface area contributed by atoms with E-state index in [1.54, 1.807) is 19.2 Å². The highest BCUT2D eigenvalue weighted by Gasteiger charge is 2.08. The summed E-state index contributed by atoms with van der Waals surface area (Å²) in [6, 6.07) is 7.26. The molecule has 0 spiro atoms. The van der Waals surface area contributed by atoms with Gasteiger partial charge in [0.25, 0.3) is 0 Å². The molecule has 6 nitrogen and oxygen atoms in total. The Balaban J connectivity index is 1.97. The maximum Gasteiger partial charge on any atom is 0.228 e. The molecule has 1 heterocycles. The van der Waals surface area contributed by atoms with Crippen molar-refractivity contribution in [3.63, 3.8) is 0 Å². The average molecular weight is 280 g/mol. The molecule has 1 aromatic heterocycles. The Labute approximate surface area is 115 Å². The average Bonchev–Trinajstić information content (AvgIpc) is 2.88. The smallest absolute Gasteiger partial charge is 0.228 e. The van der Waals surface area contributed by atoms with Crippen LogP contribution < -0.4 is 11.1 Å². The number of hydrogen-bond donors (Lipinski definition) is 2. The molecule has 0 radical (unpaired) electrons. The van der Waals surface area contributed by atoms with Crippen molar-refractivity contribution in [2.75, 3.05) is 13.6 Å². The molecule has 2 aromatic rings. The fraction of sp³-hybridized carbons (Fsp3) is 0.250. The number of halogens is 1. The van der Waals surface area contributed by atoms with E-state index in [9.17, 15) is 0 Å². The first-order valence-electron chi connectivity index (χ1n) is 5.73. The SMILES string of the molecule is CN=C(N)NCCc1nc(-c2ccc(Cl)cc2)no1. The monoisotopic (exact) mass is 279 g/mol. The first-order chi connectivity index (χ1) is 9.19. The Morgan fingerprint density at radius 3 is 2.84 bits per heavy atom. The lowest BCUT2D eigenvalue weighted by Gasteiger charge is -2.00. The maximum atomic E-state index is 5.82. The van der Waals surface area contributed by atoms with Gasteiger partial charge in [0.1, 0.15) is 0 Å². The number of nitrogens with two attached hydrogens (primary N) is 1. The minimum Gasteiger partial charge on any atom is -0.370 e. The second-order valence-electron chi connectivity index (χ2n) is 3.80. The topological polar surface area (TPSA) is 89.3 Å². The summed E-state index contributed by atoms with van der Waals surface area (Å²) in [6.07, 6.45) is 0.580. The van der Waals surface area contributed by atoms with E-state index < -0.39 is 0 Å². The number of nitrogens with zero attached hydrogens (tertiary/aromatic N) is 3. The van der Waals surface area contributed by atoms with Crippen molar-refractivity contribution in [3.05, 3.63) is 35.2 Å². The van der Waals surface area contributed by atoms with Gasteiger partial charge in [-0.25, -0.2) is 0 Å². The number of aliphatic imine (C=N–C) groups is 1. The fourth-order valence-electron chi connectivity index (χ4n) is 1.45. The quantitative estimate of drug-likeness (QED) is 0.653. The van der Waals surface area contributed by atoms with Gasteiger partial charge in [-0.15, -0.1) is 0 Å². The van der Waals surface area contributed by atoms with Gasteiger partial charge in [0.15, 0.2) is 5.96 Å². The van der Waals surface area contributed by atoms with Gasteiger partial charge >= 0.3 is 0 Å². The predicted octanol–water partition coefficient (Wildman–Crippen LogP) is 1.47. The van der Waals surface area contributed by atoms with Gasteiger partial charge in [-0.05, 0) is 24.3 Å². The lowest BCUT2D eigenvalue weighted by atomic mass is 10.2. The number of benzene rings is 1. The molecule has 0 aliphatic rings. The zero-order chi connectivity index (χ0) is 13.7. The summed E-state index contributed by atoms with van der Waals surface area (Å²) in [7, 11) is 1.62. The zero-order valence-electron chi connectivity index (χ0n) is 10.4. The van der Waals surface area contributed by atoms with Crippen molar-refractivity contribution < 1.29 is 4.52 Å². The first kappa shape index (κ1) is 13.4.